The SMILES string of the molecule is Cc1ccc(-c2ccc(C(=O)NCCc3nc(C)cs3)c(=O)[nH]2)cc1. The van der Waals surface area contributed by atoms with Gasteiger partial charge in [0.2, 0.25) is 0 Å². The summed E-state index contributed by atoms with van der Waals surface area (Å²) in [7, 11) is 0. The smallest absolute Gasteiger partial charge is 0.261 e. The average Bonchev–Trinajstić information content (AvgIpc) is 3.00. The number of hydrogen-bond donors (Lipinski definition) is 2. The number of nitrogens with zero attached hydrogens (tertiary/aromatic N) is 1. The highest BCUT2D eigenvalue weighted by Crippen LogP contribution is 2.16. The summed E-state index contributed by atoms with van der Waals surface area (Å²) < 4.78 is 0. The molecule has 2 N–H and O–H groups in total. The van der Waals surface area contributed by atoms with Crippen LogP contribution in [0.3, 0.4) is 0 Å². The number of amides is 1. The summed E-state index contributed by atoms with van der Waals surface area (Å²) in [6.45, 7) is 4.39. The van der Waals surface area contributed by atoms with Crippen LogP contribution in [0.5, 0.6) is 0 Å². The van der Waals surface area contributed by atoms with Crippen molar-refractivity contribution in [3.8, 4) is 11.3 Å². The number of carbonyl (C=O) groups is 1. The van der Waals surface area contributed by atoms with E-state index in [9.17, 15) is 9.59 Å². The van der Waals surface area contributed by atoms with Crippen molar-refractivity contribution in [1.82, 2.24) is 15.3 Å². The molecule has 0 aliphatic rings. The van der Waals surface area contributed by atoms with Crippen LogP contribution in [-0.2, 0) is 6.42 Å². The highest BCUT2D eigenvalue weighted by atomic mass is 32.1. The molecule has 0 bridgehead atoms. The molecule has 0 aliphatic heterocycles. The van der Waals surface area contributed by atoms with Gasteiger partial charge in [0.15, 0.2) is 0 Å². The van der Waals surface area contributed by atoms with E-state index in [1.54, 1.807) is 23.5 Å². The monoisotopic (exact) mass is 353 g/mol. The zero-order valence-electron chi connectivity index (χ0n) is 14.1. The van der Waals surface area contributed by atoms with Gasteiger partial charge in [-0.2, -0.15) is 0 Å². The molecule has 1 aromatic carbocycles. The second-order valence-corrected chi connectivity index (χ2v) is 6.81. The van der Waals surface area contributed by atoms with Crippen LogP contribution < -0.4 is 10.9 Å². The molecular formula is C19H19N3O2S. The highest BCUT2D eigenvalue weighted by molar-refractivity contribution is 7.09. The molecule has 0 radical (unpaired) electrons. The largest absolute Gasteiger partial charge is 0.351 e. The second-order valence-electron chi connectivity index (χ2n) is 5.87. The molecule has 0 unspecified atom stereocenters. The van der Waals surface area contributed by atoms with Gasteiger partial charge < -0.3 is 10.3 Å². The molecule has 3 aromatic rings. The van der Waals surface area contributed by atoms with Gasteiger partial charge in [-0.25, -0.2) is 4.98 Å². The Morgan fingerprint density at radius 3 is 2.56 bits per heavy atom. The Hall–Kier alpha value is -2.73. The van der Waals surface area contributed by atoms with Gasteiger partial charge in [-0.05, 0) is 31.5 Å². The van der Waals surface area contributed by atoms with Crippen molar-refractivity contribution < 1.29 is 4.79 Å². The van der Waals surface area contributed by atoms with Crippen molar-refractivity contribution in [2.45, 2.75) is 20.3 Å². The molecular weight excluding hydrogens is 334 g/mol. The molecule has 25 heavy (non-hydrogen) atoms. The lowest BCUT2D eigenvalue weighted by molar-refractivity contribution is 0.0952. The van der Waals surface area contributed by atoms with E-state index in [-0.39, 0.29) is 17.0 Å². The number of aryl methyl sites for hydroxylation is 2. The second kappa shape index (κ2) is 7.44. The fraction of sp³-hybridized carbons (Fsp3) is 0.211. The van der Waals surface area contributed by atoms with Crippen molar-refractivity contribution in [2.24, 2.45) is 0 Å². The maximum atomic E-state index is 12.2. The number of aromatic amines is 1. The lowest BCUT2D eigenvalue weighted by atomic mass is 10.1. The minimum Gasteiger partial charge on any atom is -0.351 e. The van der Waals surface area contributed by atoms with Gasteiger partial charge in [0.25, 0.3) is 11.5 Å². The summed E-state index contributed by atoms with van der Waals surface area (Å²) in [4.78, 5) is 31.6. The molecule has 0 aliphatic carbocycles. The molecule has 0 fully saturated rings. The minimum atomic E-state index is -0.388. The van der Waals surface area contributed by atoms with Crippen molar-refractivity contribution in [3.63, 3.8) is 0 Å². The molecule has 1 amide bonds. The van der Waals surface area contributed by atoms with Gasteiger partial charge in [0.05, 0.1) is 5.01 Å². The van der Waals surface area contributed by atoms with Crippen molar-refractivity contribution in [3.05, 3.63) is 74.0 Å². The van der Waals surface area contributed by atoms with Crippen LogP contribution in [0, 0.1) is 13.8 Å². The first-order valence-electron chi connectivity index (χ1n) is 8.02. The van der Waals surface area contributed by atoms with Crippen LogP contribution in [0.4, 0.5) is 0 Å². The number of aromatic nitrogens is 2. The number of carbonyl (C=O) groups excluding carboxylic acids is 1. The maximum absolute atomic E-state index is 12.2. The zero-order valence-corrected chi connectivity index (χ0v) is 14.9. The van der Waals surface area contributed by atoms with Gasteiger partial charge in [-0.15, -0.1) is 11.3 Å². The van der Waals surface area contributed by atoms with Crippen LogP contribution >= 0.6 is 11.3 Å². The standard InChI is InChI=1S/C19H19N3O2S/c1-12-3-5-14(6-4-12)16-8-7-15(19(24)22-16)18(23)20-10-9-17-21-13(2)11-25-17/h3-8,11H,9-10H2,1-2H3,(H,20,23)(H,22,24). The first-order valence-corrected chi connectivity index (χ1v) is 8.90. The molecule has 2 heterocycles. The van der Waals surface area contributed by atoms with Crippen molar-refractivity contribution >= 4 is 17.2 Å². The summed E-state index contributed by atoms with van der Waals surface area (Å²) in [6.07, 6.45) is 0.656. The Bertz CT molecular complexity index is 942. The number of rotatable bonds is 5. The predicted octanol–water partition coefficient (Wildman–Crippen LogP) is 3.09. The molecule has 0 spiro atoms. The molecule has 3 rings (SSSR count). The zero-order chi connectivity index (χ0) is 17.8. The highest BCUT2D eigenvalue weighted by Gasteiger charge is 2.11. The van der Waals surface area contributed by atoms with Gasteiger partial charge in [0, 0.05) is 29.7 Å². The minimum absolute atomic E-state index is 0.117. The summed E-state index contributed by atoms with van der Waals surface area (Å²) in [6, 6.07) is 11.2. The lowest BCUT2D eigenvalue weighted by Gasteiger charge is -2.06. The predicted molar refractivity (Wildman–Crippen MR) is 100 cm³/mol. The first kappa shape index (κ1) is 17.1. The van der Waals surface area contributed by atoms with Crippen LogP contribution in [0.1, 0.15) is 26.6 Å². The van der Waals surface area contributed by atoms with Crippen LogP contribution in [0.15, 0.2) is 46.6 Å². The van der Waals surface area contributed by atoms with Crippen molar-refractivity contribution in [2.75, 3.05) is 6.54 Å². The molecule has 0 saturated heterocycles. The van der Waals surface area contributed by atoms with Crippen LogP contribution in [0.25, 0.3) is 11.3 Å². The van der Waals surface area contributed by atoms with Gasteiger partial charge in [-0.1, -0.05) is 29.8 Å². The molecule has 6 heteroatoms. The van der Waals surface area contributed by atoms with E-state index in [1.807, 2.05) is 43.5 Å². The van der Waals surface area contributed by atoms with E-state index in [1.165, 1.54) is 0 Å². The summed E-state index contributed by atoms with van der Waals surface area (Å²) in [5.41, 5.74) is 3.47. The molecule has 128 valence electrons. The van der Waals surface area contributed by atoms with E-state index in [0.717, 1.165) is 21.8 Å². The van der Waals surface area contributed by atoms with Crippen LogP contribution in [-0.4, -0.2) is 22.4 Å². The number of pyridine rings is 1. The maximum Gasteiger partial charge on any atom is 0.261 e. The fourth-order valence-electron chi connectivity index (χ4n) is 2.45. The Balaban J connectivity index is 1.66. The number of nitrogens with one attached hydrogen (secondary N) is 2. The third kappa shape index (κ3) is 4.22. The van der Waals surface area contributed by atoms with Crippen molar-refractivity contribution in [1.29, 1.82) is 0 Å². The summed E-state index contributed by atoms with van der Waals surface area (Å²) in [5.74, 6) is -0.370. The van der Waals surface area contributed by atoms with E-state index in [0.29, 0.717) is 18.7 Å². The van der Waals surface area contributed by atoms with E-state index < -0.39 is 0 Å². The van der Waals surface area contributed by atoms with E-state index in [2.05, 4.69) is 15.3 Å². The lowest BCUT2D eigenvalue weighted by Crippen LogP contribution is -2.31. The van der Waals surface area contributed by atoms with E-state index >= 15 is 0 Å². The van der Waals surface area contributed by atoms with Crippen LogP contribution in [0.2, 0.25) is 0 Å². The average molecular weight is 353 g/mol. The summed E-state index contributed by atoms with van der Waals surface area (Å²) in [5, 5.41) is 5.72. The Morgan fingerprint density at radius 2 is 1.92 bits per heavy atom. The normalized spacial score (nSPS) is 10.6. The topological polar surface area (TPSA) is 74.8 Å². The third-order valence-corrected chi connectivity index (χ3v) is 4.83. The number of thiazole rings is 1. The molecule has 0 atom stereocenters. The fourth-order valence-corrected chi connectivity index (χ4v) is 3.23. The molecule has 0 saturated carbocycles. The quantitative estimate of drug-likeness (QED) is 0.740. The molecule has 2 aromatic heterocycles. The summed E-state index contributed by atoms with van der Waals surface area (Å²) >= 11 is 1.57. The number of benzene rings is 1. The Labute approximate surface area is 149 Å². The first-order chi connectivity index (χ1) is 12.0. The number of H-pyrrole nitrogens is 1. The number of hydrogen-bond acceptors (Lipinski definition) is 4. The van der Waals surface area contributed by atoms with Gasteiger partial charge >= 0.3 is 0 Å². The van der Waals surface area contributed by atoms with E-state index in [4.69, 9.17) is 0 Å². The Kier molecular flexibility index (Phi) is 5.09. The van der Waals surface area contributed by atoms with Gasteiger partial charge in [-0.3, -0.25) is 9.59 Å². The Morgan fingerprint density at radius 1 is 1.16 bits per heavy atom. The molecule has 5 nitrogen and oxygen atoms in total. The third-order valence-electron chi connectivity index (χ3n) is 3.81. The van der Waals surface area contributed by atoms with Gasteiger partial charge in [0.1, 0.15) is 5.56 Å².